The Morgan fingerprint density at radius 3 is 3.08 bits per heavy atom. The van der Waals surface area contributed by atoms with Crippen molar-refractivity contribution in [2.24, 2.45) is 0 Å². The molecule has 4 heteroatoms. The van der Waals surface area contributed by atoms with Gasteiger partial charge in [-0.25, -0.2) is 0 Å². The normalized spacial score (nSPS) is 10.4. The lowest BCUT2D eigenvalue weighted by molar-refractivity contribution is -0.603. The summed E-state index contributed by atoms with van der Waals surface area (Å²) < 4.78 is 1.66. The number of nitrogens with zero attached hydrogens (tertiary/aromatic N) is 2. The molecule has 3 nitrogen and oxygen atoms in total. The molecule has 0 unspecified atom stereocenters. The number of fused-ring (bicyclic) bond motifs is 1. The van der Waals surface area contributed by atoms with Crippen molar-refractivity contribution in [1.29, 1.82) is 0 Å². The van der Waals surface area contributed by atoms with E-state index in [1.165, 1.54) is 12.4 Å². The van der Waals surface area contributed by atoms with E-state index < -0.39 is 0 Å². The number of halogens is 1. The molecule has 0 saturated heterocycles. The minimum absolute atomic E-state index is 0.760. The zero-order valence-corrected chi connectivity index (χ0v) is 7.65. The second kappa shape index (κ2) is 2.71. The van der Waals surface area contributed by atoms with E-state index >= 15 is 0 Å². The van der Waals surface area contributed by atoms with Crippen LogP contribution in [-0.2, 0) is 0 Å². The van der Waals surface area contributed by atoms with Gasteiger partial charge in [0.05, 0.1) is 5.39 Å². The minimum Gasteiger partial charge on any atom is -0.619 e. The van der Waals surface area contributed by atoms with Crippen LogP contribution in [0.4, 0.5) is 0 Å². The molecule has 2 aromatic heterocycles. The highest BCUT2D eigenvalue weighted by atomic mass is 79.9. The van der Waals surface area contributed by atoms with E-state index in [1.54, 1.807) is 18.5 Å². The van der Waals surface area contributed by atoms with E-state index in [0.717, 1.165) is 20.0 Å². The van der Waals surface area contributed by atoms with Crippen LogP contribution in [-0.4, -0.2) is 4.98 Å². The molecule has 0 fully saturated rings. The number of aromatic nitrogens is 2. The second-order valence-electron chi connectivity index (χ2n) is 2.43. The standard InChI is InChI=1S/C8H5BrN2O/c9-8-4-10-3-6-5-11(12)2-1-7(6)8/h1-5H. The first kappa shape index (κ1) is 7.49. The molecule has 0 bridgehead atoms. The molecule has 0 amide bonds. The number of hydrogen-bond acceptors (Lipinski definition) is 2. The van der Waals surface area contributed by atoms with Gasteiger partial charge in [-0.3, -0.25) is 4.98 Å². The van der Waals surface area contributed by atoms with Crippen LogP contribution in [0.3, 0.4) is 0 Å². The average Bonchev–Trinajstić information content (AvgIpc) is 2.04. The lowest BCUT2D eigenvalue weighted by Crippen LogP contribution is -2.23. The van der Waals surface area contributed by atoms with Crippen molar-refractivity contribution in [2.45, 2.75) is 0 Å². The summed E-state index contributed by atoms with van der Waals surface area (Å²) in [4.78, 5) is 3.95. The van der Waals surface area contributed by atoms with Crippen LogP contribution in [0.1, 0.15) is 0 Å². The Morgan fingerprint density at radius 2 is 2.25 bits per heavy atom. The van der Waals surface area contributed by atoms with E-state index in [-0.39, 0.29) is 0 Å². The van der Waals surface area contributed by atoms with Crippen molar-refractivity contribution in [2.75, 3.05) is 0 Å². The van der Waals surface area contributed by atoms with Gasteiger partial charge in [0.15, 0.2) is 12.4 Å². The zero-order chi connectivity index (χ0) is 8.55. The maximum Gasteiger partial charge on any atom is 0.189 e. The SMILES string of the molecule is [O-][n+]1ccc2c(Br)cncc2c1. The van der Waals surface area contributed by atoms with Crippen molar-refractivity contribution in [3.63, 3.8) is 0 Å². The molecule has 2 heterocycles. The number of rotatable bonds is 0. The lowest BCUT2D eigenvalue weighted by Gasteiger charge is -1.99. The Morgan fingerprint density at radius 1 is 1.42 bits per heavy atom. The fourth-order valence-corrected chi connectivity index (χ4v) is 1.55. The van der Waals surface area contributed by atoms with Gasteiger partial charge < -0.3 is 5.21 Å². The minimum atomic E-state index is 0.760. The fourth-order valence-electron chi connectivity index (χ4n) is 1.07. The molecule has 12 heavy (non-hydrogen) atoms. The van der Waals surface area contributed by atoms with Crippen LogP contribution >= 0.6 is 15.9 Å². The van der Waals surface area contributed by atoms with Crippen molar-refractivity contribution in [3.05, 3.63) is 40.5 Å². The highest BCUT2D eigenvalue weighted by Gasteiger charge is 2.00. The molecule has 0 N–H and O–H groups in total. The monoisotopic (exact) mass is 224 g/mol. The van der Waals surface area contributed by atoms with Crippen molar-refractivity contribution < 1.29 is 4.73 Å². The molecule has 0 spiro atoms. The van der Waals surface area contributed by atoms with Gasteiger partial charge in [-0.15, -0.1) is 0 Å². The highest BCUT2D eigenvalue weighted by Crippen LogP contribution is 2.19. The predicted octanol–water partition coefficient (Wildman–Crippen LogP) is 1.63. The summed E-state index contributed by atoms with van der Waals surface area (Å²) in [5.41, 5.74) is 0. The van der Waals surface area contributed by atoms with Crippen molar-refractivity contribution in [3.8, 4) is 0 Å². The first-order chi connectivity index (χ1) is 5.77. The first-order valence-corrected chi connectivity index (χ1v) is 4.19. The smallest absolute Gasteiger partial charge is 0.189 e. The summed E-state index contributed by atoms with van der Waals surface area (Å²) in [5, 5.41) is 12.7. The summed E-state index contributed by atoms with van der Waals surface area (Å²) in [7, 11) is 0. The van der Waals surface area contributed by atoms with Crippen molar-refractivity contribution in [1.82, 2.24) is 4.98 Å². The molecule has 0 atom stereocenters. The van der Waals surface area contributed by atoms with E-state index in [4.69, 9.17) is 0 Å². The highest BCUT2D eigenvalue weighted by molar-refractivity contribution is 9.10. The molecule has 2 aromatic rings. The third-order valence-electron chi connectivity index (χ3n) is 1.62. The molecular weight excluding hydrogens is 220 g/mol. The Hall–Kier alpha value is -1.16. The molecule has 0 aliphatic heterocycles. The summed E-state index contributed by atoms with van der Waals surface area (Å²) in [6, 6.07) is 1.76. The second-order valence-corrected chi connectivity index (χ2v) is 3.28. The molecule has 0 aliphatic carbocycles. The molecule has 0 aliphatic rings. The molecule has 60 valence electrons. The molecule has 0 saturated carbocycles. The van der Waals surface area contributed by atoms with E-state index in [1.807, 2.05) is 0 Å². The molecule has 0 radical (unpaired) electrons. The van der Waals surface area contributed by atoms with Gasteiger partial charge in [0.1, 0.15) is 0 Å². The molecule has 0 aromatic carbocycles. The molecular formula is C8H5BrN2O. The summed E-state index contributed by atoms with van der Waals surface area (Å²) in [6.45, 7) is 0. The Kier molecular flexibility index (Phi) is 1.69. The quantitative estimate of drug-likeness (QED) is 0.505. The van der Waals surface area contributed by atoms with E-state index in [0.29, 0.717) is 0 Å². The van der Waals surface area contributed by atoms with Gasteiger partial charge in [0.2, 0.25) is 0 Å². The van der Waals surface area contributed by atoms with Gasteiger partial charge in [0, 0.05) is 28.3 Å². The molecule has 2 rings (SSSR count). The maximum absolute atomic E-state index is 10.9. The van der Waals surface area contributed by atoms with Gasteiger partial charge in [-0.2, -0.15) is 4.73 Å². The van der Waals surface area contributed by atoms with Crippen LogP contribution in [0.15, 0.2) is 35.3 Å². The summed E-state index contributed by atoms with van der Waals surface area (Å²) in [6.07, 6.45) is 6.33. The van der Waals surface area contributed by atoms with Crippen molar-refractivity contribution >= 4 is 26.7 Å². The third-order valence-corrected chi connectivity index (χ3v) is 2.26. The average molecular weight is 225 g/mol. The first-order valence-electron chi connectivity index (χ1n) is 3.39. The summed E-state index contributed by atoms with van der Waals surface area (Å²) >= 11 is 3.35. The van der Waals surface area contributed by atoms with Crippen LogP contribution in [0.2, 0.25) is 0 Å². The van der Waals surface area contributed by atoms with Crippen LogP contribution < -0.4 is 4.73 Å². The van der Waals surface area contributed by atoms with Crippen LogP contribution in [0.25, 0.3) is 10.8 Å². The Bertz CT molecular complexity index is 430. The van der Waals surface area contributed by atoms with Gasteiger partial charge in [0.25, 0.3) is 0 Å². The number of pyridine rings is 2. The predicted molar refractivity (Wildman–Crippen MR) is 48.4 cm³/mol. The fraction of sp³-hybridized carbons (Fsp3) is 0. The Labute approximate surface area is 77.4 Å². The van der Waals surface area contributed by atoms with E-state index in [2.05, 4.69) is 20.9 Å². The third kappa shape index (κ3) is 1.14. The lowest BCUT2D eigenvalue weighted by atomic mass is 10.2. The van der Waals surface area contributed by atoms with Gasteiger partial charge >= 0.3 is 0 Å². The van der Waals surface area contributed by atoms with E-state index in [9.17, 15) is 5.21 Å². The van der Waals surface area contributed by atoms with Gasteiger partial charge in [-0.05, 0) is 15.9 Å². The van der Waals surface area contributed by atoms with Gasteiger partial charge in [-0.1, -0.05) is 0 Å². The zero-order valence-electron chi connectivity index (χ0n) is 6.07. The van der Waals surface area contributed by atoms with Crippen LogP contribution in [0, 0.1) is 5.21 Å². The Balaban J connectivity index is 2.86. The van der Waals surface area contributed by atoms with Crippen LogP contribution in [0.5, 0.6) is 0 Å². The topological polar surface area (TPSA) is 39.8 Å². The number of hydrogen-bond donors (Lipinski definition) is 0. The summed E-state index contributed by atoms with van der Waals surface area (Å²) in [5.74, 6) is 0. The largest absolute Gasteiger partial charge is 0.619 e. The maximum atomic E-state index is 10.9.